The molecule has 1 rings (SSSR count). The highest BCUT2D eigenvalue weighted by Crippen LogP contribution is 2.46. The Bertz CT molecular complexity index is 447. The maximum Gasteiger partial charge on any atom is 0.348 e. The Morgan fingerprint density at radius 2 is 2.05 bits per heavy atom. The molecule has 1 aliphatic rings. The van der Waals surface area contributed by atoms with Crippen molar-refractivity contribution in [2.75, 3.05) is 19.3 Å². The average Bonchev–Trinajstić information content (AvgIpc) is 2.78. The summed E-state index contributed by atoms with van der Waals surface area (Å²) in [7, 11) is -4.36. The van der Waals surface area contributed by atoms with Crippen LogP contribution in [0.1, 0.15) is 13.3 Å². The molecule has 1 unspecified atom stereocenters. The lowest BCUT2D eigenvalue weighted by molar-refractivity contribution is -0.171. The maximum atomic E-state index is 11.7. The number of hydrogen-bond acceptors (Lipinski definition) is 6. The molecule has 0 aromatic heterocycles. The van der Waals surface area contributed by atoms with Crippen LogP contribution in [0.2, 0.25) is 0 Å². The number of aliphatic imine (C=N–C) groups is 1. The molecule has 0 aromatic rings. The lowest BCUT2D eigenvalue weighted by atomic mass is 10.1. The summed E-state index contributed by atoms with van der Waals surface area (Å²) in [5.74, 6) is -3.17. The van der Waals surface area contributed by atoms with Gasteiger partial charge in [0.15, 0.2) is 0 Å². The summed E-state index contributed by atoms with van der Waals surface area (Å²) < 4.78 is 16.2. The van der Waals surface area contributed by atoms with E-state index in [0.29, 0.717) is 25.8 Å². The smallest absolute Gasteiger partial charge is 0.348 e. The normalized spacial score (nSPS) is 18.3. The Hall–Kier alpha value is -1.44. The molecule has 1 atom stereocenters. The number of aliphatic carboxylic acids is 2. The first-order valence-corrected chi connectivity index (χ1v) is 7.20. The highest BCUT2D eigenvalue weighted by atomic mass is 31.2. The fourth-order valence-corrected chi connectivity index (χ4v) is 2.67. The van der Waals surface area contributed by atoms with E-state index in [1.807, 2.05) is 0 Å². The van der Waals surface area contributed by atoms with Crippen molar-refractivity contribution >= 4 is 25.4 Å². The van der Waals surface area contributed by atoms with Gasteiger partial charge in [-0.1, -0.05) is 0 Å². The number of hydrogen-bond donors (Lipinski definition) is 4. The molecule has 0 fully saturated rings. The molecule has 0 saturated heterocycles. The van der Waals surface area contributed by atoms with Gasteiger partial charge in [0.2, 0.25) is 0 Å². The van der Waals surface area contributed by atoms with Gasteiger partial charge < -0.3 is 20.4 Å². The first-order valence-electron chi connectivity index (χ1n) is 5.44. The lowest BCUT2D eigenvalue weighted by Crippen LogP contribution is -2.45. The number of carbonyl (C=O) groups is 2. The Balaban J connectivity index is 2.69. The number of nitrogens with zero attached hydrogens (tertiary/aromatic N) is 1. The Labute approximate surface area is 108 Å². The molecule has 0 amide bonds. The van der Waals surface area contributed by atoms with Crippen molar-refractivity contribution in [3.63, 3.8) is 0 Å². The van der Waals surface area contributed by atoms with Gasteiger partial charge in [-0.2, -0.15) is 0 Å². The Morgan fingerprint density at radius 1 is 1.47 bits per heavy atom. The number of carboxylic acids is 2. The van der Waals surface area contributed by atoms with Gasteiger partial charge in [0.05, 0.1) is 18.5 Å². The highest BCUT2D eigenvalue weighted by molar-refractivity contribution is 7.52. The number of nitrogens with one attached hydrogen (secondary N) is 1. The minimum absolute atomic E-state index is 0.0864. The van der Waals surface area contributed by atoms with Crippen LogP contribution in [0.25, 0.3) is 0 Å². The second-order valence-corrected chi connectivity index (χ2v) is 6.01. The molecule has 0 aromatic carbocycles. The van der Waals surface area contributed by atoms with Crippen LogP contribution in [0.3, 0.4) is 0 Å². The molecular formula is C9H15N2O7P. The molecule has 0 radical (unpaired) electrons. The molecule has 19 heavy (non-hydrogen) atoms. The van der Waals surface area contributed by atoms with Crippen molar-refractivity contribution < 1.29 is 33.8 Å². The first kappa shape index (κ1) is 15.6. The summed E-state index contributed by atoms with van der Waals surface area (Å²) in [5, 5.41) is 20.4. The molecule has 1 aliphatic heterocycles. The molecule has 0 spiro atoms. The van der Waals surface area contributed by atoms with Gasteiger partial charge in [0.1, 0.15) is 0 Å². The molecule has 0 bridgehead atoms. The Morgan fingerprint density at radius 3 is 2.47 bits per heavy atom. The third-order valence-electron chi connectivity index (χ3n) is 2.52. The van der Waals surface area contributed by atoms with Crippen molar-refractivity contribution in [1.82, 2.24) is 5.32 Å². The topological polar surface area (TPSA) is 146 Å². The minimum Gasteiger partial charge on any atom is -0.479 e. The van der Waals surface area contributed by atoms with Crippen LogP contribution in [-0.2, 0) is 18.7 Å². The van der Waals surface area contributed by atoms with Crippen molar-refractivity contribution in [2.24, 2.45) is 4.99 Å². The molecular weight excluding hydrogens is 279 g/mol. The van der Waals surface area contributed by atoms with Crippen molar-refractivity contribution in [1.29, 1.82) is 0 Å². The standard InChI is InChI=1S/C9H15N2O7P/c1-9(7(12)13,8(14)15)18-19(16,17)5-2-6-10-3-4-11-6/h2-5H2,1H3,(H,10,11)(H,12,13)(H,14,15)(H,16,17). The number of rotatable bonds is 7. The molecule has 9 nitrogen and oxygen atoms in total. The fourth-order valence-electron chi connectivity index (χ4n) is 1.36. The number of carboxylic acid groups (broad SMARTS) is 2. The summed E-state index contributed by atoms with van der Waals surface area (Å²) >= 11 is 0. The predicted octanol–water partition coefficient (Wildman–Crippen LogP) is -0.492. The van der Waals surface area contributed by atoms with Crippen molar-refractivity contribution in [3.8, 4) is 0 Å². The highest BCUT2D eigenvalue weighted by Gasteiger charge is 2.48. The largest absolute Gasteiger partial charge is 0.479 e. The minimum atomic E-state index is -4.36. The van der Waals surface area contributed by atoms with Crippen LogP contribution < -0.4 is 5.32 Å². The summed E-state index contributed by atoms with van der Waals surface area (Å²) in [6.45, 7) is 1.91. The molecule has 0 saturated carbocycles. The van der Waals surface area contributed by atoms with Gasteiger partial charge in [-0.25, -0.2) is 9.59 Å². The SMILES string of the molecule is CC(OP(=O)(O)CCC1=NCCN1)(C(=O)O)C(=O)O. The van der Waals surface area contributed by atoms with E-state index in [1.54, 1.807) is 0 Å². The summed E-state index contributed by atoms with van der Waals surface area (Å²) in [6.07, 6.45) is -0.321. The van der Waals surface area contributed by atoms with E-state index < -0.39 is 31.3 Å². The van der Waals surface area contributed by atoms with Gasteiger partial charge >= 0.3 is 19.5 Å². The zero-order valence-corrected chi connectivity index (χ0v) is 11.1. The average molecular weight is 294 g/mol. The van der Waals surface area contributed by atoms with E-state index in [9.17, 15) is 19.0 Å². The van der Waals surface area contributed by atoms with Gasteiger partial charge in [0, 0.05) is 13.0 Å². The summed E-state index contributed by atoms with van der Waals surface area (Å²) in [5.41, 5.74) is -2.75. The summed E-state index contributed by atoms with van der Waals surface area (Å²) in [4.78, 5) is 35.2. The quantitative estimate of drug-likeness (QED) is 0.363. The van der Waals surface area contributed by atoms with E-state index in [1.165, 1.54) is 0 Å². The Kier molecular flexibility index (Phi) is 4.67. The monoisotopic (exact) mass is 294 g/mol. The van der Waals surface area contributed by atoms with Crippen LogP contribution in [0.15, 0.2) is 4.99 Å². The lowest BCUT2D eigenvalue weighted by Gasteiger charge is -2.23. The third-order valence-corrected chi connectivity index (χ3v) is 3.96. The van der Waals surface area contributed by atoms with Gasteiger partial charge in [0.25, 0.3) is 5.60 Å². The van der Waals surface area contributed by atoms with E-state index in [0.717, 1.165) is 0 Å². The van der Waals surface area contributed by atoms with Crippen molar-refractivity contribution in [3.05, 3.63) is 0 Å². The van der Waals surface area contributed by atoms with Gasteiger partial charge in [-0.3, -0.25) is 14.1 Å². The van der Waals surface area contributed by atoms with Crippen LogP contribution >= 0.6 is 7.60 Å². The van der Waals surface area contributed by atoms with E-state index in [4.69, 9.17) is 10.2 Å². The first-order chi connectivity index (χ1) is 8.67. The predicted molar refractivity (Wildman–Crippen MR) is 64.4 cm³/mol. The zero-order valence-electron chi connectivity index (χ0n) is 10.2. The molecule has 108 valence electrons. The van der Waals surface area contributed by atoms with Gasteiger partial charge in [-0.15, -0.1) is 0 Å². The second kappa shape index (κ2) is 5.68. The fraction of sp³-hybridized carbons (Fsp3) is 0.667. The van der Waals surface area contributed by atoms with Crippen LogP contribution in [0.5, 0.6) is 0 Å². The molecule has 4 N–H and O–H groups in total. The van der Waals surface area contributed by atoms with Gasteiger partial charge in [-0.05, 0) is 6.92 Å². The van der Waals surface area contributed by atoms with E-state index in [-0.39, 0.29) is 6.42 Å². The van der Waals surface area contributed by atoms with Crippen LogP contribution in [0.4, 0.5) is 0 Å². The van der Waals surface area contributed by atoms with Crippen LogP contribution in [-0.4, -0.2) is 57.7 Å². The summed E-state index contributed by atoms with van der Waals surface area (Å²) in [6, 6.07) is 0. The third kappa shape index (κ3) is 4.02. The zero-order chi connectivity index (χ0) is 14.7. The second-order valence-electron chi connectivity index (χ2n) is 4.10. The van der Waals surface area contributed by atoms with Crippen LogP contribution in [0, 0.1) is 0 Å². The maximum absolute atomic E-state index is 11.7. The van der Waals surface area contributed by atoms with E-state index >= 15 is 0 Å². The van der Waals surface area contributed by atoms with E-state index in [2.05, 4.69) is 14.8 Å². The molecule has 0 aliphatic carbocycles. The number of amidine groups is 1. The van der Waals surface area contributed by atoms with Crippen molar-refractivity contribution in [2.45, 2.75) is 18.9 Å². The molecule has 10 heteroatoms. The molecule has 1 heterocycles.